The Morgan fingerprint density at radius 3 is 2.08 bits per heavy atom. The molecule has 2 unspecified atom stereocenters. The first-order valence-corrected chi connectivity index (χ1v) is 8.37. The van der Waals surface area contributed by atoms with E-state index < -0.39 is 35.4 Å². The van der Waals surface area contributed by atoms with Crippen LogP contribution in [0.1, 0.15) is 38.9 Å². The van der Waals surface area contributed by atoms with E-state index in [9.17, 15) is 14.0 Å². The molecule has 0 radical (unpaired) electrons. The van der Waals surface area contributed by atoms with E-state index in [1.54, 1.807) is 13.8 Å². The molecule has 0 amide bonds. The zero-order valence-corrected chi connectivity index (χ0v) is 14.7. The summed E-state index contributed by atoms with van der Waals surface area (Å²) in [5.41, 5.74) is -1.01. The number of esters is 2. The van der Waals surface area contributed by atoms with Crippen LogP contribution in [0.25, 0.3) is 0 Å². The van der Waals surface area contributed by atoms with Crippen molar-refractivity contribution in [2.24, 2.45) is 5.41 Å². The van der Waals surface area contributed by atoms with Gasteiger partial charge in [0.1, 0.15) is 11.9 Å². The molecule has 0 saturated carbocycles. The Hall–Kier alpha value is -2.21. The van der Waals surface area contributed by atoms with Gasteiger partial charge in [0.05, 0.1) is 19.3 Å². The van der Waals surface area contributed by atoms with Crippen LogP contribution in [0.3, 0.4) is 0 Å². The van der Waals surface area contributed by atoms with E-state index in [0.717, 1.165) is 0 Å². The number of hydrogen-bond acceptors (Lipinski definition) is 5. The molecule has 0 bridgehead atoms. The van der Waals surface area contributed by atoms with Crippen LogP contribution in [0.5, 0.6) is 0 Å². The first kappa shape index (κ1) is 19.1. The summed E-state index contributed by atoms with van der Waals surface area (Å²) in [6.07, 6.45) is -0.968. The van der Waals surface area contributed by atoms with Crippen LogP contribution in [-0.2, 0) is 23.8 Å². The van der Waals surface area contributed by atoms with Crippen LogP contribution in [0, 0.1) is 11.2 Å². The zero-order chi connectivity index (χ0) is 18.6. The van der Waals surface area contributed by atoms with E-state index in [1.165, 1.54) is 24.3 Å². The molecule has 2 rings (SSSR count). The number of rotatable bonds is 6. The third-order valence-corrected chi connectivity index (χ3v) is 4.33. The molecule has 2 atom stereocenters. The minimum atomic E-state index is -1.80. The minimum absolute atomic E-state index is 0.0974. The van der Waals surface area contributed by atoms with E-state index in [1.807, 2.05) is 6.92 Å². The summed E-state index contributed by atoms with van der Waals surface area (Å²) >= 11 is 0. The maximum Gasteiger partial charge on any atom is 0.330 e. The van der Waals surface area contributed by atoms with Crippen molar-refractivity contribution >= 4 is 11.9 Å². The number of halogens is 1. The van der Waals surface area contributed by atoms with Crippen molar-refractivity contribution in [2.75, 3.05) is 13.2 Å². The van der Waals surface area contributed by atoms with Crippen molar-refractivity contribution in [3.05, 3.63) is 47.8 Å². The first-order valence-electron chi connectivity index (χ1n) is 8.37. The van der Waals surface area contributed by atoms with Crippen molar-refractivity contribution in [3.63, 3.8) is 0 Å². The molecule has 1 aromatic carbocycles. The summed E-state index contributed by atoms with van der Waals surface area (Å²) < 4.78 is 29.6. The number of carbonyl (C=O) groups is 2. The van der Waals surface area contributed by atoms with E-state index in [0.29, 0.717) is 17.6 Å². The maximum absolute atomic E-state index is 13.3. The van der Waals surface area contributed by atoms with Crippen molar-refractivity contribution in [1.29, 1.82) is 0 Å². The molecule has 1 fully saturated rings. The fourth-order valence-corrected chi connectivity index (χ4v) is 3.13. The van der Waals surface area contributed by atoms with Gasteiger partial charge >= 0.3 is 11.9 Å². The second kappa shape index (κ2) is 7.78. The molecule has 1 saturated heterocycles. The van der Waals surface area contributed by atoms with Crippen LogP contribution < -0.4 is 0 Å². The van der Waals surface area contributed by atoms with Crippen molar-refractivity contribution < 1.29 is 28.2 Å². The Labute approximate surface area is 146 Å². The first-order chi connectivity index (χ1) is 11.9. The minimum Gasteiger partial charge on any atom is -0.465 e. The molecular weight excluding hydrogens is 327 g/mol. The molecule has 1 aromatic rings. The molecule has 136 valence electrons. The highest BCUT2D eigenvalue weighted by atomic mass is 19.1. The lowest BCUT2D eigenvalue weighted by molar-refractivity contribution is -0.174. The molecule has 1 aliphatic heterocycles. The van der Waals surface area contributed by atoms with Crippen LogP contribution in [0.4, 0.5) is 4.39 Å². The number of ether oxygens (including phenoxy) is 3. The third-order valence-electron chi connectivity index (χ3n) is 4.33. The van der Waals surface area contributed by atoms with Gasteiger partial charge < -0.3 is 14.2 Å². The van der Waals surface area contributed by atoms with Gasteiger partial charge in [-0.25, -0.2) is 4.39 Å². The van der Waals surface area contributed by atoms with Crippen molar-refractivity contribution in [3.8, 4) is 0 Å². The van der Waals surface area contributed by atoms with Gasteiger partial charge in [0.2, 0.25) is 5.41 Å². The lowest BCUT2D eigenvalue weighted by atomic mass is 9.73. The third kappa shape index (κ3) is 3.18. The Morgan fingerprint density at radius 1 is 1.12 bits per heavy atom. The molecule has 0 aliphatic carbocycles. The topological polar surface area (TPSA) is 61.8 Å². The van der Waals surface area contributed by atoms with Crippen LogP contribution in [-0.4, -0.2) is 31.3 Å². The predicted molar refractivity (Wildman–Crippen MR) is 89.1 cm³/mol. The molecule has 5 nitrogen and oxygen atoms in total. The molecule has 1 aliphatic rings. The Bertz CT molecular complexity index is 634. The maximum atomic E-state index is 13.3. The summed E-state index contributed by atoms with van der Waals surface area (Å²) in [7, 11) is 0. The molecule has 0 spiro atoms. The van der Waals surface area contributed by atoms with Gasteiger partial charge in [0.15, 0.2) is 0 Å². The van der Waals surface area contributed by atoms with Crippen molar-refractivity contribution in [2.45, 2.75) is 39.4 Å². The molecule has 0 aromatic heterocycles. The number of hydrogen-bond donors (Lipinski definition) is 0. The average Bonchev–Trinajstić information content (AvgIpc) is 2.89. The smallest absolute Gasteiger partial charge is 0.330 e. The molecule has 1 heterocycles. The van der Waals surface area contributed by atoms with Gasteiger partial charge in [0, 0.05) is 0 Å². The zero-order valence-electron chi connectivity index (χ0n) is 14.7. The van der Waals surface area contributed by atoms with Gasteiger partial charge in [0.25, 0.3) is 0 Å². The standard InChI is InChI=1S/C19H23FO5/c1-5-15-12(4)19(17(21)23-6-2,18(22)24-7-3)16(25-15)13-8-10-14(20)11-9-13/h8-11,15-16H,4-7H2,1-3H3. The summed E-state index contributed by atoms with van der Waals surface area (Å²) in [6, 6.07) is 5.47. The monoisotopic (exact) mass is 350 g/mol. The molecule has 25 heavy (non-hydrogen) atoms. The van der Waals surface area contributed by atoms with E-state index in [2.05, 4.69) is 6.58 Å². The highest BCUT2D eigenvalue weighted by molar-refractivity contribution is 6.05. The largest absolute Gasteiger partial charge is 0.465 e. The Balaban J connectivity index is 2.62. The van der Waals surface area contributed by atoms with Gasteiger partial charge in [-0.15, -0.1) is 0 Å². The Kier molecular flexibility index (Phi) is 5.95. The van der Waals surface area contributed by atoms with E-state index in [4.69, 9.17) is 14.2 Å². The fraction of sp³-hybridized carbons (Fsp3) is 0.474. The summed E-state index contributed by atoms with van der Waals surface area (Å²) in [5.74, 6) is -1.95. The van der Waals surface area contributed by atoms with E-state index >= 15 is 0 Å². The van der Waals surface area contributed by atoms with Crippen molar-refractivity contribution in [1.82, 2.24) is 0 Å². The SMILES string of the molecule is C=C1C(CC)OC(c2ccc(F)cc2)C1(C(=O)OCC)C(=O)OCC. The normalized spacial score (nSPS) is 21.8. The second-order valence-corrected chi connectivity index (χ2v) is 5.74. The van der Waals surface area contributed by atoms with Gasteiger partial charge in [-0.1, -0.05) is 25.6 Å². The van der Waals surface area contributed by atoms with E-state index in [-0.39, 0.29) is 13.2 Å². The van der Waals surface area contributed by atoms with Crippen LogP contribution in [0.15, 0.2) is 36.4 Å². The van der Waals surface area contributed by atoms with Crippen LogP contribution in [0.2, 0.25) is 0 Å². The fourth-order valence-electron chi connectivity index (χ4n) is 3.13. The predicted octanol–water partition coefficient (Wildman–Crippen LogP) is 3.34. The highest BCUT2D eigenvalue weighted by Crippen LogP contribution is 2.53. The summed E-state index contributed by atoms with van der Waals surface area (Å²) in [4.78, 5) is 25.7. The molecule has 6 heteroatoms. The lowest BCUT2D eigenvalue weighted by Crippen LogP contribution is -2.45. The Morgan fingerprint density at radius 2 is 1.64 bits per heavy atom. The van der Waals surface area contributed by atoms with Gasteiger partial charge in [-0.05, 0) is 43.5 Å². The highest BCUT2D eigenvalue weighted by Gasteiger charge is 2.64. The molecular formula is C19H23FO5. The number of benzene rings is 1. The quantitative estimate of drug-likeness (QED) is 0.447. The average molecular weight is 350 g/mol. The van der Waals surface area contributed by atoms with Gasteiger partial charge in [-0.2, -0.15) is 0 Å². The van der Waals surface area contributed by atoms with Gasteiger partial charge in [-0.3, -0.25) is 9.59 Å². The summed E-state index contributed by atoms with van der Waals surface area (Å²) in [6.45, 7) is 9.32. The second-order valence-electron chi connectivity index (χ2n) is 5.74. The summed E-state index contributed by atoms with van der Waals surface area (Å²) in [5, 5.41) is 0. The van der Waals surface area contributed by atoms with Crippen LogP contribution >= 0.6 is 0 Å². The molecule has 0 N–H and O–H groups in total. The number of carbonyl (C=O) groups excluding carboxylic acids is 2. The lowest BCUT2D eigenvalue weighted by Gasteiger charge is -2.30.